The number of aromatic nitrogens is 2. The fourth-order valence-corrected chi connectivity index (χ4v) is 1.72. The Morgan fingerprint density at radius 1 is 1.17 bits per heavy atom. The molecular weight excluding hydrogens is 236 g/mol. The maximum Gasteiger partial charge on any atom is 0.133 e. The third-order valence-electron chi connectivity index (χ3n) is 2.53. The van der Waals surface area contributed by atoms with Crippen LogP contribution in [-0.4, -0.2) is 9.97 Å². The van der Waals surface area contributed by atoms with Gasteiger partial charge in [0.25, 0.3) is 0 Å². The summed E-state index contributed by atoms with van der Waals surface area (Å²) in [6.45, 7) is 2.13. The Morgan fingerprint density at radius 2 is 1.94 bits per heavy atom. The molecule has 2 rings (SSSR count). The standard InChI is InChI=1S/C13H13F2N3/c1-8-4-11(7-16)18-13(17-8)5-9-2-3-10(14)6-12(9)15/h2-4,6H,5,7,16H2,1H3. The molecule has 94 valence electrons. The van der Waals surface area contributed by atoms with Crippen molar-refractivity contribution in [3.63, 3.8) is 0 Å². The molecule has 0 radical (unpaired) electrons. The lowest BCUT2D eigenvalue weighted by atomic mass is 10.1. The Labute approximate surface area is 104 Å². The van der Waals surface area contributed by atoms with E-state index in [2.05, 4.69) is 9.97 Å². The highest BCUT2D eigenvalue weighted by atomic mass is 19.1. The van der Waals surface area contributed by atoms with Crippen molar-refractivity contribution in [3.8, 4) is 0 Å². The maximum atomic E-state index is 13.5. The lowest BCUT2D eigenvalue weighted by Crippen LogP contribution is -2.07. The predicted molar refractivity (Wildman–Crippen MR) is 63.8 cm³/mol. The third kappa shape index (κ3) is 2.87. The van der Waals surface area contributed by atoms with Gasteiger partial charge in [0.15, 0.2) is 0 Å². The van der Waals surface area contributed by atoms with E-state index in [0.29, 0.717) is 23.6 Å². The van der Waals surface area contributed by atoms with Gasteiger partial charge in [0.1, 0.15) is 17.5 Å². The zero-order valence-corrected chi connectivity index (χ0v) is 9.95. The normalized spacial score (nSPS) is 10.7. The van der Waals surface area contributed by atoms with Crippen molar-refractivity contribution in [2.45, 2.75) is 19.9 Å². The second-order valence-corrected chi connectivity index (χ2v) is 4.03. The number of rotatable bonds is 3. The van der Waals surface area contributed by atoms with Crippen LogP contribution in [0, 0.1) is 18.6 Å². The second-order valence-electron chi connectivity index (χ2n) is 4.03. The van der Waals surface area contributed by atoms with Gasteiger partial charge in [0, 0.05) is 24.7 Å². The minimum Gasteiger partial charge on any atom is -0.325 e. The van der Waals surface area contributed by atoms with Crippen LogP contribution in [0.2, 0.25) is 0 Å². The molecule has 2 N–H and O–H groups in total. The van der Waals surface area contributed by atoms with Crippen LogP contribution in [0.4, 0.5) is 8.78 Å². The minimum atomic E-state index is -0.593. The second kappa shape index (κ2) is 5.18. The Bertz CT molecular complexity index is 570. The van der Waals surface area contributed by atoms with E-state index in [1.165, 1.54) is 12.1 Å². The Morgan fingerprint density at radius 3 is 2.61 bits per heavy atom. The molecule has 5 heteroatoms. The predicted octanol–water partition coefficient (Wildman–Crippen LogP) is 2.11. The SMILES string of the molecule is Cc1cc(CN)nc(Cc2ccc(F)cc2F)n1. The number of nitrogens with two attached hydrogens (primary N) is 1. The van der Waals surface area contributed by atoms with Crippen LogP contribution in [0.15, 0.2) is 24.3 Å². The van der Waals surface area contributed by atoms with E-state index >= 15 is 0 Å². The maximum absolute atomic E-state index is 13.5. The van der Waals surface area contributed by atoms with E-state index in [-0.39, 0.29) is 6.42 Å². The van der Waals surface area contributed by atoms with Crippen LogP contribution < -0.4 is 5.73 Å². The monoisotopic (exact) mass is 249 g/mol. The van der Waals surface area contributed by atoms with Crippen molar-refractivity contribution in [1.29, 1.82) is 0 Å². The van der Waals surface area contributed by atoms with Crippen LogP contribution in [-0.2, 0) is 13.0 Å². The largest absolute Gasteiger partial charge is 0.325 e. The van der Waals surface area contributed by atoms with Gasteiger partial charge in [-0.05, 0) is 24.6 Å². The fourth-order valence-electron chi connectivity index (χ4n) is 1.72. The van der Waals surface area contributed by atoms with Gasteiger partial charge >= 0.3 is 0 Å². The van der Waals surface area contributed by atoms with E-state index in [4.69, 9.17) is 5.73 Å². The molecule has 0 spiro atoms. The average molecular weight is 249 g/mol. The Hall–Kier alpha value is -1.88. The highest BCUT2D eigenvalue weighted by Crippen LogP contribution is 2.13. The molecule has 0 amide bonds. The molecule has 1 heterocycles. The van der Waals surface area contributed by atoms with Crippen molar-refractivity contribution in [2.75, 3.05) is 0 Å². The first kappa shape index (κ1) is 12.6. The molecule has 0 fully saturated rings. The molecule has 0 aliphatic rings. The van der Waals surface area contributed by atoms with E-state index in [1.54, 1.807) is 6.07 Å². The lowest BCUT2D eigenvalue weighted by Gasteiger charge is -2.05. The van der Waals surface area contributed by atoms with E-state index in [0.717, 1.165) is 11.8 Å². The first-order valence-corrected chi connectivity index (χ1v) is 5.56. The molecule has 0 aliphatic carbocycles. The summed E-state index contributed by atoms with van der Waals surface area (Å²) in [5.74, 6) is -0.695. The van der Waals surface area contributed by atoms with Gasteiger partial charge in [0.2, 0.25) is 0 Å². The van der Waals surface area contributed by atoms with Gasteiger partial charge in [0.05, 0.1) is 5.69 Å². The fraction of sp³-hybridized carbons (Fsp3) is 0.231. The molecular formula is C13H13F2N3. The van der Waals surface area contributed by atoms with E-state index in [9.17, 15) is 8.78 Å². The summed E-state index contributed by atoms with van der Waals surface area (Å²) >= 11 is 0. The molecule has 0 aliphatic heterocycles. The van der Waals surface area contributed by atoms with Crippen LogP contribution in [0.3, 0.4) is 0 Å². The van der Waals surface area contributed by atoms with Gasteiger partial charge in [-0.2, -0.15) is 0 Å². The van der Waals surface area contributed by atoms with Gasteiger partial charge in [-0.1, -0.05) is 6.07 Å². The summed E-state index contributed by atoms with van der Waals surface area (Å²) in [5.41, 5.74) is 7.37. The minimum absolute atomic E-state index is 0.223. The quantitative estimate of drug-likeness (QED) is 0.906. The van der Waals surface area contributed by atoms with Crippen molar-refractivity contribution in [3.05, 3.63) is 58.7 Å². The molecule has 2 aromatic rings. The molecule has 18 heavy (non-hydrogen) atoms. The first-order valence-electron chi connectivity index (χ1n) is 5.56. The van der Waals surface area contributed by atoms with Crippen LogP contribution in [0.5, 0.6) is 0 Å². The zero-order chi connectivity index (χ0) is 13.1. The van der Waals surface area contributed by atoms with Crippen LogP contribution in [0.25, 0.3) is 0 Å². The highest BCUT2D eigenvalue weighted by Gasteiger charge is 2.08. The molecule has 3 nitrogen and oxygen atoms in total. The number of halogens is 2. The first-order chi connectivity index (χ1) is 8.58. The number of aryl methyl sites for hydroxylation is 1. The lowest BCUT2D eigenvalue weighted by molar-refractivity contribution is 0.573. The van der Waals surface area contributed by atoms with Crippen molar-refractivity contribution in [1.82, 2.24) is 9.97 Å². The Kier molecular flexibility index (Phi) is 3.62. The molecule has 0 saturated carbocycles. The Balaban J connectivity index is 2.30. The molecule has 1 aromatic carbocycles. The van der Waals surface area contributed by atoms with E-state index in [1.807, 2.05) is 6.92 Å². The number of hydrogen-bond acceptors (Lipinski definition) is 3. The highest BCUT2D eigenvalue weighted by molar-refractivity contribution is 5.23. The summed E-state index contributed by atoms with van der Waals surface area (Å²) in [5, 5.41) is 0. The summed E-state index contributed by atoms with van der Waals surface area (Å²) in [4.78, 5) is 8.43. The van der Waals surface area contributed by atoms with Crippen molar-refractivity contribution >= 4 is 0 Å². The molecule has 0 atom stereocenters. The third-order valence-corrected chi connectivity index (χ3v) is 2.53. The van der Waals surface area contributed by atoms with Gasteiger partial charge in [-0.25, -0.2) is 18.7 Å². The summed E-state index contributed by atoms with van der Waals surface area (Å²) in [6, 6.07) is 5.26. The zero-order valence-electron chi connectivity index (χ0n) is 9.95. The smallest absolute Gasteiger partial charge is 0.133 e. The molecule has 0 saturated heterocycles. The number of hydrogen-bond donors (Lipinski definition) is 1. The molecule has 1 aromatic heterocycles. The number of nitrogens with zero attached hydrogens (tertiary/aromatic N) is 2. The van der Waals surface area contributed by atoms with Crippen molar-refractivity contribution < 1.29 is 8.78 Å². The van der Waals surface area contributed by atoms with Gasteiger partial charge in [-0.15, -0.1) is 0 Å². The van der Waals surface area contributed by atoms with Gasteiger partial charge < -0.3 is 5.73 Å². The number of benzene rings is 1. The average Bonchev–Trinajstić information content (AvgIpc) is 2.32. The van der Waals surface area contributed by atoms with Crippen LogP contribution in [0.1, 0.15) is 22.8 Å². The topological polar surface area (TPSA) is 51.8 Å². The molecule has 0 unspecified atom stereocenters. The summed E-state index contributed by atoms with van der Waals surface area (Å²) in [6.07, 6.45) is 0.223. The van der Waals surface area contributed by atoms with E-state index < -0.39 is 11.6 Å². The summed E-state index contributed by atoms with van der Waals surface area (Å²) < 4.78 is 26.3. The van der Waals surface area contributed by atoms with Crippen LogP contribution >= 0.6 is 0 Å². The molecule has 0 bridgehead atoms. The van der Waals surface area contributed by atoms with Crippen molar-refractivity contribution in [2.24, 2.45) is 5.73 Å². The summed E-state index contributed by atoms with van der Waals surface area (Å²) in [7, 11) is 0. The van der Waals surface area contributed by atoms with Gasteiger partial charge in [-0.3, -0.25) is 0 Å².